The first-order chi connectivity index (χ1) is 14.7. The largest absolute Gasteiger partial charge is 0.366 e. The molecule has 0 fully saturated rings. The van der Waals surface area contributed by atoms with Crippen molar-refractivity contribution in [3.05, 3.63) is 71.2 Å². The van der Waals surface area contributed by atoms with E-state index in [1.165, 1.54) is 0 Å². The zero-order valence-electron chi connectivity index (χ0n) is 16.8. The van der Waals surface area contributed by atoms with Crippen molar-refractivity contribution in [1.82, 2.24) is 30.6 Å². The Kier molecular flexibility index (Phi) is 5.48. The van der Waals surface area contributed by atoms with Crippen LogP contribution in [0.3, 0.4) is 0 Å². The number of hydrogen-bond donors (Lipinski definition) is 2. The summed E-state index contributed by atoms with van der Waals surface area (Å²) in [6.45, 7) is 4.48. The van der Waals surface area contributed by atoms with Gasteiger partial charge in [-0.25, -0.2) is 15.1 Å². The topological polar surface area (TPSA) is 92.3 Å². The molecule has 0 saturated carbocycles. The number of aryl methyl sites for hydroxylation is 2. The Morgan fingerprint density at radius 2 is 1.77 bits per heavy atom. The fraction of sp³-hybridized carbons (Fsp3) is 0.174. The van der Waals surface area contributed by atoms with Crippen molar-refractivity contribution in [3.63, 3.8) is 0 Å². The number of H-pyrrole nitrogens is 1. The standard InChI is InChI=1S/C23H21N7/c1-4-7-19-15(2)25-16(3)26-22(19)24-14-17-10-12-18(13-11-17)20-8-5-6-9-21(20)23-27-29-30-28-23/h1,5-6,8-13H,7,14H2,2-3H3,(H,24,25,26)(H,27,28,29,30). The van der Waals surface area contributed by atoms with Crippen LogP contribution in [-0.4, -0.2) is 30.6 Å². The van der Waals surface area contributed by atoms with Gasteiger partial charge in [0.05, 0.1) is 0 Å². The number of anilines is 1. The Morgan fingerprint density at radius 1 is 1.00 bits per heavy atom. The molecule has 2 aromatic heterocycles. The van der Waals surface area contributed by atoms with Crippen LogP contribution >= 0.6 is 0 Å². The van der Waals surface area contributed by atoms with Crippen molar-refractivity contribution in [2.45, 2.75) is 26.8 Å². The van der Waals surface area contributed by atoms with Gasteiger partial charge in [0.15, 0.2) is 5.82 Å². The molecule has 7 heteroatoms. The SMILES string of the molecule is C#CCc1c(C)nc(C)nc1NCc1ccc(-c2ccccc2-c2nnn[nH]2)cc1. The van der Waals surface area contributed by atoms with Gasteiger partial charge in [-0.2, -0.15) is 0 Å². The van der Waals surface area contributed by atoms with Gasteiger partial charge in [0.2, 0.25) is 0 Å². The Labute approximate surface area is 175 Å². The van der Waals surface area contributed by atoms with E-state index in [1.807, 2.05) is 32.0 Å². The highest BCUT2D eigenvalue weighted by Crippen LogP contribution is 2.29. The normalized spacial score (nSPS) is 10.6. The molecule has 0 radical (unpaired) electrons. The minimum atomic E-state index is 0.501. The maximum atomic E-state index is 5.52. The second-order valence-electron chi connectivity index (χ2n) is 6.91. The summed E-state index contributed by atoms with van der Waals surface area (Å²) in [5.41, 5.74) is 6.13. The average Bonchev–Trinajstić information content (AvgIpc) is 3.29. The molecule has 0 aliphatic heterocycles. The zero-order valence-corrected chi connectivity index (χ0v) is 16.8. The summed E-state index contributed by atoms with van der Waals surface area (Å²) in [6, 6.07) is 16.4. The summed E-state index contributed by atoms with van der Waals surface area (Å²) >= 11 is 0. The monoisotopic (exact) mass is 395 g/mol. The lowest BCUT2D eigenvalue weighted by Gasteiger charge is -2.13. The fourth-order valence-electron chi connectivity index (χ4n) is 3.40. The third kappa shape index (κ3) is 4.03. The highest BCUT2D eigenvalue weighted by atomic mass is 15.5. The molecule has 4 aromatic rings. The number of hydrogen-bond acceptors (Lipinski definition) is 6. The molecule has 148 valence electrons. The van der Waals surface area contributed by atoms with E-state index in [9.17, 15) is 0 Å². The first-order valence-electron chi connectivity index (χ1n) is 9.59. The minimum Gasteiger partial charge on any atom is -0.366 e. The van der Waals surface area contributed by atoms with Gasteiger partial charge in [-0.05, 0) is 41.0 Å². The predicted octanol–water partition coefficient (Wildman–Crippen LogP) is 3.73. The van der Waals surface area contributed by atoms with Crippen molar-refractivity contribution in [3.8, 4) is 34.9 Å². The number of terminal acetylenes is 1. The number of aromatic nitrogens is 6. The minimum absolute atomic E-state index is 0.501. The molecule has 4 rings (SSSR count). The van der Waals surface area contributed by atoms with E-state index >= 15 is 0 Å². The molecule has 0 saturated heterocycles. The van der Waals surface area contributed by atoms with Crippen LogP contribution in [0.2, 0.25) is 0 Å². The number of tetrazole rings is 1. The van der Waals surface area contributed by atoms with E-state index in [0.29, 0.717) is 18.8 Å². The summed E-state index contributed by atoms with van der Waals surface area (Å²) in [5, 5.41) is 17.6. The van der Waals surface area contributed by atoms with Gasteiger partial charge in [-0.1, -0.05) is 48.5 Å². The van der Waals surface area contributed by atoms with E-state index < -0.39 is 0 Å². The molecular formula is C23H21N7. The molecule has 0 aliphatic carbocycles. The maximum absolute atomic E-state index is 5.52. The fourth-order valence-corrected chi connectivity index (χ4v) is 3.40. The van der Waals surface area contributed by atoms with Gasteiger partial charge in [-0.3, -0.25) is 0 Å². The lowest BCUT2D eigenvalue weighted by Crippen LogP contribution is -2.09. The van der Waals surface area contributed by atoms with E-state index in [2.05, 4.69) is 72.2 Å². The Bertz CT molecular complexity index is 1190. The summed E-state index contributed by atoms with van der Waals surface area (Å²) in [6.07, 6.45) is 6.02. The van der Waals surface area contributed by atoms with Crippen LogP contribution in [0.5, 0.6) is 0 Å². The van der Waals surface area contributed by atoms with Gasteiger partial charge in [-0.15, -0.1) is 17.4 Å². The summed E-state index contributed by atoms with van der Waals surface area (Å²) in [7, 11) is 0. The lowest BCUT2D eigenvalue weighted by atomic mass is 9.98. The zero-order chi connectivity index (χ0) is 20.9. The first kappa shape index (κ1) is 19.3. The molecule has 0 bridgehead atoms. The Hall–Kier alpha value is -4.05. The van der Waals surface area contributed by atoms with Crippen LogP contribution in [0, 0.1) is 26.2 Å². The average molecular weight is 395 g/mol. The van der Waals surface area contributed by atoms with Crippen molar-refractivity contribution in [2.24, 2.45) is 0 Å². The Balaban J connectivity index is 1.55. The third-order valence-electron chi connectivity index (χ3n) is 4.86. The van der Waals surface area contributed by atoms with Crippen LogP contribution < -0.4 is 5.32 Å². The third-order valence-corrected chi connectivity index (χ3v) is 4.86. The highest BCUT2D eigenvalue weighted by molar-refractivity contribution is 5.80. The number of nitrogens with zero attached hydrogens (tertiary/aromatic N) is 5. The smallest absolute Gasteiger partial charge is 0.180 e. The van der Waals surface area contributed by atoms with Gasteiger partial charge >= 0.3 is 0 Å². The van der Waals surface area contributed by atoms with Gasteiger partial charge in [0.1, 0.15) is 11.6 Å². The second-order valence-corrected chi connectivity index (χ2v) is 6.91. The van der Waals surface area contributed by atoms with E-state index in [0.717, 1.165) is 45.2 Å². The Morgan fingerprint density at radius 3 is 2.47 bits per heavy atom. The molecular weight excluding hydrogens is 374 g/mol. The van der Waals surface area contributed by atoms with Gasteiger partial charge < -0.3 is 5.32 Å². The predicted molar refractivity (Wildman–Crippen MR) is 116 cm³/mol. The van der Waals surface area contributed by atoms with Gasteiger partial charge in [0, 0.05) is 29.8 Å². The number of aromatic amines is 1. The number of benzene rings is 2. The molecule has 0 amide bonds. The highest BCUT2D eigenvalue weighted by Gasteiger charge is 2.11. The van der Waals surface area contributed by atoms with Crippen LogP contribution in [0.4, 0.5) is 5.82 Å². The van der Waals surface area contributed by atoms with E-state index in [1.54, 1.807) is 0 Å². The van der Waals surface area contributed by atoms with Crippen LogP contribution in [0.15, 0.2) is 48.5 Å². The maximum Gasteiger partial charge on any atom is 0.180 e. The molecule has 0 spiro atoms. The summed E-state index contributed by atoms with van der Waals surface area (Å²) in [4.78, 5) is 8.95. The molecule has 0 atom stereocenters. The van der Waals surface area contributed by atoms with Crippen LogP contribution in [0.1, 0.15) is 22.6 Å². The van der Waals surface area contributed by atoms with E-state index in [4.69, 9.17) is 6.42 Å². The molecule has 0 aliphatic rings. The first-order valence-corrected chi connectivity index (χ1v) is 9.59. The summed E-state index contributed by atoms with van der Waals surface area (Å²) in [5.74, 6) is 4.86. The quantitative estimate of drug-likeness (QED) is 0.483. The van der Waals surface area contributed by atoms with Gasteiger partial charge in [0.25, 0.3) is 0 Å². The molecule has 7 nitrogen and oxygen atoms in total. The lowest BCUT2D eigenvalue weighted by molar-refractivity contribution is 0.881. The summed E-state index contributed by atoms with van der Waals surface area (Å²) < 4.78 is 0. The van der Waals surface area contributed by atoms with Crippen molar-refractivity contribution in [2.75, 3.05) is 5.32 Å². The molecule has 2 aromatic carbocycles. The second kappa shape index (κ2) is 8.53. The van der Waals surface area contributed by atoms with Crippen molar-refractivity contribution in [1.29, 1.82) is 0 Å². The van der Waals surface area contributed by atoms with Crippen molar-refractivity contribution >= 4 is 5.82 Å². The molecule has 2 heterocycles. The molecule has 2 N–H and O–H groups in total. The van der Waals surface area contributed by atoms with Crippen LogP contribution in [0.25, 0.3) is 22.5 Å². The van der Waals surface area contributed by atoms with Crippen molar-refractivity contribution < 1.29 is 0 Å². The molecule has 30 heavy (non-hydrogen) atoms. The number of nitrogens with one attached hydrogen (secondary N) is 2. The van der Waals surface area contributed by atoms with E-state index in [-0.39, 0.29) is 0 Å². The number of rotatable bonds is 6. The van der Waals surface area contributed by atoms with Crippen LogP contribution in [-0.2, 0) is 13.0 Å². The molecule has 0 unspecified atom stereocenters.